The summed E-state index contributed by atoms with van der Waals surface area (Å²) >= 11 is 0. The van der Waals surface area contributed by atoms with Crippen LogP contribution in [0.5, 0.6) is 0 Å². The van der Waals surface area contributed by atoms with Crippen molar-refractivity contribution in [3.63, 3.8) is 0 Å². The van der Waals surface area contributed by atoms with Crippen LogP contribution in [-0.4, -0.2) is 45.1 Å². The first-order chi connectivity index (χ1) is 19.8. The summed E-state index contributed by atoms with van der Waals surface area (Å²) in [6.07, 6.45) is -11.5. The summed E-state index contributed by atoms with van der Waals surface area (Å²) in [5.41, 5.74) is -0.0207. The van der Waals surface area contributed by atoms with E-state index in [4.69, 9.17) is 0 Å². The minimum Gasteiger partial charge on any atom is -0.369 e. The summed E-state index contributed by atoms with van der Waals surface area (Å²) in [6, 6.07) is 2.87. The van der Waals surface area contributed by atoms with E-state index in [0.29, 0.717) is 18.2 Å². The van der Waals surface area contributed by atoms with Gasteiger partial charge in [-0.2, -0.15) is 44.3 Å². The smallest absolute Gasteiger partial charge is 0.369 e. The van der Waals surface area contributed by atoms with Crippen LogP contribution in [0.2, 0.25) is 0 Å². The molecule has 0 saturated heterocycles. The quantitative estimate of drug-likeness (QED) is 0.345. The van der Waals surface area contributed by atoms with Gasteiger partial charge in [0.1, 0.15) is 0 Å². The minimum absolute atomic E-state index is 0.00380. The fraction of sp³-hybridized carbons (Fsp3) is 0.607. The molecule has 1 aliphatic heterocycles. The number of hydrogen-bond donors (Lipinski definition) is 1. The lowest BCUT2D eigenvalue weighted by Gasteiger charge is -2.31. The van der Waals surface area contributed by atoms with Gasteiger partial charge in [-0.1, -0.05) is 42.7 Å². The van der Waals surface area contributed by atoms with Crippen LogP contribution >= 0.6 is 0 Å². The molecule has 6 nitrogen and oxygen atoms in total. The molecule has 1 aromatic carbocycles. The third kappa shape index (κ3) is 9.62. The molecule has 0 saturated carbocycles. The lowest BCUT2D eigenvalue weighted by atomic mass is 9.90. The summed E-state index contributed by atoms with van der Waals surface area (Å²) in [7, 11) is 1.67. The van der Waals surface area contributed by atoms with E-state index < -0.39 is 42.0 Å². The molecule has 0 spiro atoms. The van der Waals surface area contributed by atoms with Crippen molar-refractivity contribution in [1.29, 1.82) is 0 Å². The summed E-state index contributed by atoms with van der Waals surface area (Å²) in [5.74, 6) is -1.65. The summed E-state index contributed by atoms with van der Waals surface area (Å²) < 4.78 is 114. The first-order valence-corrected chi connectivity index (χ1v) is 13.8. The highest BCUT2D eigenvalue weighted by Crippen LogP contribution is 2.43. The molecule has 4 rings (SSSR count). The number of benzene rings is 1. The van der Waals surface area contributed by atoms with Gasteiger partial charge in [0.05, 0.1) is 24.6 Å². The zero-order valence-electron chi connectivity index (χ0n) is 25.0. The number of hydrogen-bond acceptors (Lipinski definition) is 5. The van der Waals surface area contributed by atoms with Gasteiger partial charge in [0.2, 0.25) is 0 Å². The Balaban J connectivity index is 0.000000324. The van der Waals surface area contributed by atoms with Crippen molar-refractivity contribution >= 4 is 11.6 Å². The summed E-state index contributed by atoms with van der Waals surface area (Å²) in [6.45, 7) is 11.4. The van der Waals surface area contributed by atoms with Crippen molar-refractivity contribution in [2.75, 3.05) is 16.8 Å². The molecule has 2 atom stereocenters. The van der Waals surface area contributed by atoms with E-state index in [1.807, 2.05) is 32.6 Å². The average Bonchev–Trinajstić information content (AvgIpc) is 3.21. The van der Waals surface area contributed by atoms with E-state index in [-0.39, 0.29) is 23.2 Å². The molecule has 0 fully saturated rings. The van der Waals surface area contributed by atoms with E-state index in [1.54, 1.807) is 13.1 Å². The van der Waals surface area contributed by atoms with Crippen molar-refractivity contribution in [2.45, 2.75) is 91.4 Å². The number of tetrazole rings is 1. The number of halogens is 9. The second kappa shape index (κ2) is 14.0. The highest BCUT2D eigenvalue weighted by atomic mass is 19.4. The maximum atomic E-state index is 13.4. The third-order valence-corrected chi connectivity index (χ3v) is 6.78. The molecule has 0 amide bonds. The molecule has 1 aliphatic carbocycles. The molecule has 0 bridgehead atoms. The van der Waals surface area contributed by atoms with Crippen LogP contribution in [0.4, 0.5) is 51.1 Å². The fourth-order valence-corrected chi connectivity index (χ4v) is 4.88. The van der Waals surface area contributed by atoms with Gasteiger partial charge >= 0.3 is 18.5 Å². The molecular formula is C28H37F9N6. The first kappa shape index (κ1) is 35.9. The van der Waals surface area contributed by atoms with Crippen molar-refractivity contribution in [2.24, 2.45) is 13.0 Å². The number of rotatable bonds is 3. The van der Waals surface area contributed by atoms with Crippen LogP contribution in [0, 0.1) is 12.8 Å². The molecule has 2 aromatic rings. The van der Waals surface area contributed by atoms with Crippen LogP contribution in [0.25, 0.3) is 0 Å². The normalized spacial score (nSPS) is 19.2. The maximum Gasteiger partial charge on any atom is 0.416 e. The predicted octanol–water partition coefficient (Wildman–Crippen LogP) is 8.73. The van der Waals surface area contributed by atoms with E-state index in [9.17, 15) is 39.5 Å². The fourth-order valence-electron chi connectivity index (χ4n) is 4.88. The lowest BCUT2D eigenvalue weighted by molar-refractivity contribution is -0.166. The van der Waals surface area contributed by atoms with Gasteiger partial charge in [0.15, 0.2) is 0 Å². The number of fused-ring (bicyclic) bond motifs is 1. The molecule has 15 heteroatoms. The average molecular weight is 629 g/mol. The van der Waals surface area contributed by atoms with Crippen LogP contribution < -0.4 is 10.2 Å². The summed E-state index contributed by atoms with van der Waals surface area (Å²) in [4.78, 5) is 3.38. The second-order valence-corrected chi connectivity index (χ2v) is 10.4. The predicted molar refractivity (Wildman–Crippen MR) is 146 cm³/mol. The Labute approximate surface area is 245 Å². The van der Waals surface area contributed by atoms with Crippen LogP contribution in [0.3, 0.4) is 0 Å². The highest BCUT2D eigenvalue weighted by Gasteiger charge is 2.45. The highest BCUT2D eigenvalue weighted by molar-refractivity contribution is 5.61. The number of nitrogens with one attached hydrogen (secondary N) is 1. The zero-order chi connectivity index (χ0) is 32.9. The monoisotopic (exact) mass is 628 g/mol. The number of allylic oxidation sites excluding steroid dienone is 4. The molecule has 2 heterocycles. The van der Waals surface area contributed by atoms with Gasteiger partial charge in [-0.05, 0) is 69.4 Å². The molecule has 2 aliphatic rings. The minimum atomic E-state index is -4.68. The molecule has 43 heavy (non-hydrogen) atoms. The van der Waals surface area contributed by atoms with Crippen molar-refractivity contribution in [3.05, 3.63) is 52.1 Å². The van der Waals surface area contributed by atoms with Crippen molar-refractivity contribution in [1.82, 2.24) is 20.2 Å². The second-order valence-electron chi connectivity index (χ2n) is 10.4. The molecular weight excluding hydrogens is 591 g/mol. The topological polar surface area (TPSA) is 58.9 Å². The Morgan fingerprint density at radius 3 is 2.07 bits per heavy atom. The maximum absolute atomic E-state index is 13.4. The SMILES string of the molecule is CC.CC1=CC(C(F)(F)F)CC(C(F)(F)F)=C1.Cc1cc2c(cc1C(F)(F)F)N(C(C)C)CCCC2Nc1nnn(C)n1. The van der Waals surface area contributed by atoms with E-state index in [1.165, 1.54) is 24.7 Å². The van der Waals surface area contributed by atoms with E-state index >= 15 is 0 Å². The Hall–Kier alpha value is -3.26. The molecule has 2 unspecified atom stereocenters. The first-order valence-electron chi connectivity index (χ1n) is 13.8. The van der Waals surface area contributed by atoms with Crippen LogP contribution in [0.1, 0.15) is 76.6 Å². The Kier molecular flexibility index (Phi) is 11.7. The Morgan fingerprint density at radius 1 is 0.953 bits per heavy atom. The molecule has 1 N–H and O–H groups in total. The number of aromatic nitrogens is 4. The number of anilines is 2. The standard InChI is InChI=1S/C17H23F3N6.C9H8F6.C2H6/c1-10(2)26-7-5-6-14(21-16-22-24-25(4)23-16)12-8-11(3)13(9-15(12)26)17(18,19)20;1-5-2-6(8(10,11)12)4-7(3-5)9(13,14)15;1-2/h8-10,14H,5-7H2,1-4H3,(H,21,23);2-3,6H,4H2,1H3;1-2H3. The molecule has 0 radical (unpaired) electrons. The van der Waals surface area contributed by atoms with Gasteiger partial charge in [-0.15, -0.1) is 5.10 Å². The third-order valence-electron chi connectivity index (χ3n) is 6.78. The van der Waals surface area contributed by atoms with Gasteiger partial charge in [-0.3, -0.25) is 0 Å². The Morgan fingerprint density at radius 2 is 1.58 bits per heavy atom. The van der Waals surface area contributed by atoms with Gasteiger partial charge in [-0.25, -0.2) is 0 Å². The number of aryl methyl sites for hydroxylation is 2. The lowest BCUT2D eigenvalue weighted by Crippen LogP contribution is -2.32. The molecule has 242 valence electrons. The number of nitrogens with zero attached hydrogens (tertiary/aromatic N) is 5. The van der Waals surface area contributed by atoms with Crippen molar-refractivity contribution in [3.8, 4) is 0 Å². The van der Waals surface area contributed by atoms with Gasteiger partial charge in [0, 0.05) is 23.8 Å². The van der Waals surface area contributed by atoms with Crippen molar-refractivity contribution < 1.29 is 39.5 Å². The molecule has 1 aromatic heterocycles. The Bertz CT molecular complexity index is 1270. The van der Waals surface area contributed by atoms with Crippen LogP contribution in [0.15, 0.2) is 35.4 Å². The zero-order valence-corrected chi connectivity index (χ0v) is 25.0. The number of alkyl halides is 9. The van der Waals surface area contributed by atoms with Gasteiger partial charge in [0.25, 0.3) is 5.95 Å². The van der Waals surface area contributed by atoms with E-state index in [0.717, 1.165) is 30.6 Å². The van der Waals surface area contributed by atoms with Gasteiger partial charge < -0.3 is 10.2 Å². The van der Waals surface area contributed by atoms with Crippen LogP contribution in [-0.2, 0) is 13.2 Å². The van der Waals surface area contributed by atoms with E-state index in [2.05, 4.69) is 20.7 Å². The largest absolute Gasteiger partial charge is 0.416 e. The summed E-state index contributed by atoms with van der Waals surface area (Å²) in [5, 5.41) is 15.1.